The number of rotatable bonds is 9. The van der Waals surface area contributed by atoms with Gasteiger partial charge in [-0.25, -0.2) is 0 Å². The van der Waals surface area contributed by atoms with Gasteiger partial charge < -0.3 is 10.4 Å². The van der Waals surface area contributed by atoms with E-state index >= 15 is 0 Å². The van der Waals surface area contributed by atoms with Crippen molar-refractivity contribution >= 4 is 18.4 Å². The highest BCUT2D eigenvalue weighted by atomic mass is 35.5. The molecule has 1 rings (SSSR count). The molecule has 0 aromatic carbocycles. The molecule has 0 bridgehead atoms. The standard InChI is InChI=1S/C15H29NO2.ClH/c1-2-3-4-5-6-11-16-12-13-7-9-14(10-8-13)15(17)18;/h13-14,16H,2-12H2,1H3,(H,17,18);1H. The van der Waals surface area contributed by atoms with Crippen molar-refractivity contribution in [2.24, 2.45) is 11.8 Å². The first-order valence-corrected chi connectivity index (χ1v) is 7.67. The summed E-state index contributed by atoms with van der Waals surface area (Å²) in [6.07, 6.45) is 10.6. The molecule has 1 fully saturated rings. The normalized spacial score (nSPS) is 22.8. The van der Waals surface area contributed by atoms with Gasteiger partial charge in [0, 0.05) is 0 Å². The minimum absolute atomic E-state index is 0. The topological polar surface area (TPSA) is 49.3 Å². The van der Waals surface area contributed by atoms with Gasteiger partial charge in [0.25, 0.3) is 0 Å². The average Bonchev–Trinajstić information content (AvgIpc) is 2.38. The number of hydrogen-bond donors (Lipinski definition) is 2. The highest BCUT2D eigenvalue weighted by Gasteiger charge is 2.25. The van der Waals surface area contributed by atoms with E-state index in [4.69, 9.17) is 5.11 Å². The Kier molecular flexibility index (Phi) is 11.4. The van der Waals surface area contributed by atoms with Crippen molar-refractivity contribution in [2.45, 2.75) is 64.7 Å². The number of carboxylic acid groups (broad SMARTS) is 1. The molecular weight excluding hydrogens is 262 g/mol. The third-order valence-electron chi connectivity index (χ3n) is 4.09. The molecule has 0 aromatic heterocycles. The molecule has 0 radical (unpaired) electrons. The number of nitrogens with one attached hydrogen (secondary N) is 1. The highest BCUT2D eigenvalue weighted by Crippen LogP contribution is 2.28. The number of halogens is 1. The van der Waals surface area contributed by atoms with Crippen LogP contribution in [0.4, 0.5) is 0 Å². The van der Waals surface area contributed by atoms with Crippen LogP contribution in [0.25, 0.3) is 0 Å². The summed E-state index contributed by atoms with van der Waals surface area (Å²) in [6, 6.07) is 0. The highest BCUT2D eigenvalue weighted by molar-refractivity contribution is 5.85. The van der Waals surface area contributed by atoms with Crippen molar-refractivity contribution in [1.29, 1.82) is 0 Å². The lowest BCUT2D eigenvalue weighted by Gasteiger charge is -2.26. The molecule has 4 heteroatoms. The first-order chi connectivity index (χ1) is 8.74. The maximum Gasteiger partial charge on any atom is 0.306 e. The second-order valence-corrected chi connectivity index (χ2v) is 5.67. The molecule has 19 heavy (non-hydrogen) atoms. The maximum atomic E-state index is 10.8. The molecule has 0 amide bonds. The third-order valence-corrected chi connectivity index (χ3v) is 4.09. The summed E-state index contributed by atoms with van der Waals surface area (Å²) in [5.41, 5.74) is 0. The van der Waals surface area contributed by atoms with E-state index in [1.54, 1.807) is 0 Å². The van der Waals surface area contributed by atoms with E-state index in [2.05, 4.69) is 12.2 Å². The summed E-state index contributed by atoms with van der Waals surface area (Å²) >= 11 is 0. The monoisotopic (exact) mass is 291 g/mol. The molecule has 1 aliphatic carbocycles. The van der Waals surface area contributed by atoms with Crippen molar-refractivity contribution in [1.82, 2.24) is 5.32 Å². The summed E-state index contributed by atoms with van der Waals surface area (Å²) in [4.78, 5) is 10.8. The van der Waals surface area contributed by atoms with E-state index in [0.717, 1.165) is 38.8 Å². The minimum Gasteiger partial charge on any atom is -0.481 e. The van der Waals surface area contributed by atoms with Gasteiger partial charge in [-0.05, 0) is 51.1 Å². The lowest BCUT2D eigenvalue weighted by atomic mass is 9.82. The summed E-state index contributed by atoms with van der Waals surface area (Å²) in [5, 5.41) is 12.5. The van der Waals surface area contributed by atoms with Crippen LogP contribution in [-0.2, 0) is 4.79 Å². The van der Waals surface area contributed by atoms with Crippen molar-refractivity contribution in [3.8, 4) is 0 Å². The Balaban J connectivity index is 0.00000324. The van der Waals surface area contributed by atoms with Gasteiger partial charge in [0.1, 0.15) is 0 Å². The van der Waals surface area contributed by atoms with E-state index in [1.165, 1.54) is 32.1 Å². The Morgan fingerprint density at radius 1 is 1.11 bits per heavy atom. The van der Waals surface area contributed by atoms with Crippen LogP contribution in [0, 0.1) is 11.8 Å². The molecule has 1 saturated carbocycles. The maximum absolute atomic E-state index is 10.8. The molecule has 0 atom stereocenters. The molecule has 2 N–H and O–H groups in total. The van der Waals surface area contributed by atoms with E-state index in [0.29, 0.717) is 5.92 Å². The molecule has 0 aliphatic heterocycles. The fraction of sp³-hybridized carbons (Fsp3) is 0.933. The zero-order valence-electron chi connectivity index (χ0n) is 12.2. The Morgan fingerprint density at radius 3 is 2.32 bits per heavy atom. The largest absolute Gasteiger partial charge is 0.481 e. The van der Waals surface area contributed by atoms with Gasteiger partial charge in [0.05, 0.1) is 5.92 Å². The molecule has 114 valence electrons. The van der Waals surface area contributed by atoms with Gasteiger partial charge in [-0.3, -0.25) is 4.79 Å². The number of aliphatic carboxylic acids is 1. The van der Waals surface area contributed by atoms with Crippen LogP contribution >= 0.6 is 12.4 Å². The van der Waals surface area contributed by atoms with Crippen molar-refractivity contribution in [2.75, 3.05) is 13.1 Å². The summed E-state index contributed by atoms with van der Waals surface area (Å²) in [5.74, 6) is 0.0314. The van der Waals surface area contributed by atoms with Gasteiger partial charge in [-0.2, -0.15) is 0 Å². The lowest BCUT2D eigenvalue weighted by molar-refractivity contribution is -0.143. The fourth-order valence-corrected chi connectivity index (χ4v) is 2.77. The van der Waals surface area contributed by atoms with Crippen LogP contribution < -0.4 is 5.32 Å². The molecule has 0 heterocycles. The average molecular weight is 292 g/mol. The SMILES string of the molecule is CCCCCCCNCC1CCC(C(=O)O)CC1.Cl. The lowest BCUT2D eigenvalue weighted by Crippen LogP contribution is -2.29. The summed E-state index contributed by atoms with van der Waals surface area (Å²) in [7, 11) is 0. The first-order valence-electron chi connectivity index (χ1n) is 7.67. The zero-order chi connectivity index (χ0) is 13.2. The predicted octanol–water partition coefficient (Wildman–Crippen LogP) is 3.86. The van der Waals surface area contributed by atoms with Crippen molar-refractivity contribution in [3.63, 3.8) is 0 Å². The molecule has 0 unspecified atom stereocenters. The number of carboxylic acids is 1. The molecule has 0 aromatic rings. The van der Waals surface area contributed by atoms with Crippen LogP contribution in [0.3, 0.4) is 0 Å². The van der Waals surface area contributed by atoms with Gasteiger partial charge >= 0.3 is 5.97 Å². The second-order valence-electron chi connectivity index (χ2n) is 5.67. The quantitative estimate of drug-likeness (QED) is 0.634. The van der Waals surface area contributed by atoms with Crippen molar-refractivity contribution < 1.29 is 9.90 Å². The van der Waals surface area contributed by atoms with Gasteiger partial charge in [0.15, 0.2) is 0 Å². The molecular formula is C15H30ClNO2. The second kappa shape index (κ2) is 11.5. The Morgan fingerprint density at radius 2 is 1.74 bits per heavy atom. The fourth-order valence-electron chi connectivity index (χ4n) is 2.77. The zero-order valence-corrected chi connectivity index (χ0v) is 13.0. The molecule has 1 aliphatic rings. The Hall–Kier alpha value is -0.280. The molecule has 0 saturated heterocycles. The summed E-state index contributed by atoms with van der Waals surface area (Å²) in [6.45, 7) is 4.45. The third kappa shape index (κ3) is 8.48. The van der Waals surface area contributed by atoms with Crippen LogP contribution in [0.15, 0.2) is 0 Å². The van der Waals surface area contributed by atoms with Crippen LogP contribution in [0.1, 0.15) is 64.7 Å². The van der Waals surface area contributed by atoms with Crippen LogP contribution in [0.5, 0.6) is 0 Å². The minimum atomic E-state index is -0.600. The van der Waals surface area contributed by atoms with Gasteiger partial charge in [0.2, 0.25) is 0 Å². The van der Waals surface area contributed by atoms with Gasteiger partial charge in [-0.15, -0.1) is 12.4 Å². The predicted molar refractivity (Wildman–Crippen MR) is 82.0 cm³/mol. The van der Waals surface area contributed by atoms with E-state index < -0.39 is 5.97 Å². The number of carbonyl (C=O) groups is 1. The van der Waals surface area contributed by atoms with Gasteiger partial charge in [-0.1, -0.05) is 32.6 Å². The summed E-state index contributed by atoms with van der Waals surface area (Å²) < 4.78 is 0. The Bertz CT molecular complexity index is 228. The Labute approximate surface area is 124 Å². The molecule has 0 spiro atoms. The van der Waals surface area contributed by atoms with E-state index in [9.17, 15) is 4.79 Å². The van der Waals surface area contributed by atoms with Crippen LogP contribution in [0.2, 0.25) is 0 Å². The van der Waals surface area contributed by atoms with E-state index in [1.807, 2.05) is 0 Å². The van der Waals surface area contributed by atoms with Crippen molar-refractivity contribution in [3.05, 3.63) is 0 Å². The number of hydrogen-bond acceptors (Lipinski definition) is 2. The number of unbranched alkanes of at least 4 members (excludes halogenated alkanes) is 4. The van der Waals surface area contributed by atoms with Crippen LogP contribution in [-0.4, -0.2) is 24.2 Å². The first kappa shape index (κ1) is 18.7. The van der Waals surface area contributed by atoms with E-state index in [-0.39, 0.29) is 18.3 Å². The smallest absolute Gasteiger partial charge is 0.306 e. The molecule has 3 nitrogen and oxygen atoms in total.